The molecule has 0 bridgehead atoms. The lowest BCUT2D eigenvalue weighted by Crippen LogP contribution is -2.01. The van der Waals surface area contributed by atoms with Crippen molar-refractivity contribution in [1.29, 1.82) is 0 Å². The molecule has 1 heterocycles. The van der Waals surface area contributed by atoms with Gasteiger partial charge >= 0.3 is 0 Å². The second-order valence-corrected chi connectivity index (χ2v) is 14.3. The van der Waals surface area contributed by atoms with Crippen molar-refractivity contribution in [3.8, 4) is 67.5 Å². The van der Waals surface area contributed by atoms with Gasteiger partial charge in [-0.3, -0.25) is 0 Å². The van der Waals surface area contributed by atoms with Crippen LogP contribution in [0.3, 0.4) is 0 Å². The highest BCUT2D eigenvalue weighted by molar-refractivity contribution is 6.24. The molecule has 0 N–H and O–H groups in total. The van der Waals surface area contributed by atoms with Gasteiger partial charge in [-0.2, -0.15) is 0 Å². The summed E-state index contributed by atoms with van der Waals surface area (Å²) in [7, 11) is 0. The van der Waals surface area contributed by atoms with Crippen LogP contribution in [-0.2, 0) is 0 Å². The van der Waals surface area contributed by atoms with Gasteiger partial charge in [0.15, 0.2) is 17.5 Å². The average Bonchev–Trinajstić information content (AvgIpc) is 3.34. The molecule has 3 heteroatoms. The van der Waals surface area contributed by atoms with Crippen molar-refractivity contribution >= 4 is 43.1 Å². The summed E-state index contributed by atoms with van der Waals surface area (Å²) in [6, 6.07) is 60.4. The number of hydrogen-bond donors (Lipinski definition) is 0. The Hall–Kier alpha value is -7.75. The minimum Gasteiger partial charge on any atom is -0.208 e. The standard InChI is InChI=1S/C55H35N3/c1-3-18-37(19-4-1)41-23-9-16-30-49(41)54-56-53(38-20-5-2-6-21-38)57-55(58-54)50-34-33-48(42-24-10-11-25-43(42)50)52-46-28-14-12-26-44(46)51(45-27-13-15-29-47(45)52)40-32-31-36-17-7-8-22-39(36)35-40/h1-35H/i2D,5D,6D,20D,21D. The molecule has 0 aliphatic heterocycles. The van der Waals surface area contributed by atoms with Crippen molar-refractivity contribution in [1.82, 2.24) is 15.0 Å². The molecule has 270 valence electrons. The first-order valence-corrected chi connectivity index (χ1v) is 19.3. The lowest BCUT2D eigenvalue weighted by atomic mass is 9.84. The molecule has 0 atom stereocenters. The Morgan fingerprint density at radius 1 is 0.293 bits per heavy atom. The van der Waals surface area contributed by atoms with Gasteiger partial charge in [-0.25, -0.2) is 15.0 Å². The zero-order valence-electron chi connectivity index (χ0n) is 36.2. The fourth-order valence-corrected chi connectivity index (χ4v) is 8.42. The van der Waals surface area contributed by atoms with Gasteiger partial charge in [-0.05, 0) is 88.6 Å². The molecule has 0 saturated carbocycles. The topological polar surface area (TPSA) is 38.7 Å². The molecule has 11 aromatic rings. The summed E-state index contributed by atoms with van der Waals surface area (Å²) >= 11 is 0. The van der Waals surface area contributed by atoms with Gasteiger partial charge in [0.2, 0.25) is 0 Å². The Morgan fingerprint density at radius 3 is 1.48 bits per heavy atom. The van der Waals surface area contributed by atoms with Crippen LogP contribution in [0.25, 0.3) is 111 Å². The average molecular weight is 743 g/mol. The van der Waals surface area contributed by atoms with E-state index in [-0.39, 0.29) is 23.5 Å². The van der Waals surface area contributed by atoms with E-state index in [0.29, 0.717) is 22.8 Å². The number of benzene rings is 10. The van der Waals surface area contributed by atoms with E-state index in [4.69, 9.17) is 21.8 Å². The largest absolute Gasteiger partial charge is 0.208 e. The number of nitrogens with zero attached hydrogens (tertiary/aromatic N) is 3. The molecule has 0 aliphatic rings. The second-order valence-electron chi connectivity index (χ2n) is 14.3. The van der Waals surface area contributed by atoms with Crippen molar-refractivity contribution in [3.05, 3.63) is 212 Å². The van der Waals surface area contributed by atoms with Gasteiger partial charge in [0.1, 0.15) is 0 Å². The van der Waals surface area contributed by atoms with E-state index in [0.717, 1.165) is 60.1 Å². The maximum Gasteiger partial charge on any atom is 0.164 e. The maximum atomic E-state index is 8.92. The predicted molar refractivity (Wildman–Crippen MR) is 242 cm³/mol. The van der Waals surface area contributed by atoms with Crippen LogP contribution in [0.15, 0.2) is 212 Å². The van der Waals surface area contributed by atoms with E-state index in [2.05, 4.69) is 109 Å². The molecule has 0 spiro atoms. The van der Waals surface area contributed by atoms with Crippen LogP contribution in [0.1, 0.15) is 6.85 Å². The molecule has 58 heavy (non-hydrogen) atoms. The molecule has 1 aromatic heterocycles. The predicted octanol–water partition coefficient (Wildman–Crippen LogP) is 14.5. The molecule has 0 radical (unpaired) electrons. The normalized spacial score (nSPS) is 12.7. The van der Waals surface area contributed by atoms with Crippen LogP contribution in [0, 0.1) is 0 Å². The summed E-state index contributed by atoms with van der Waals surface area (Å²) in [6.45, 7) is 0. The first-order valence-electron chi connectivity index (χ1n) is 21.8. The van der Waals surface area contributed by atoms with E-state index in [1.807, 2.05) is 72.8 Å². The number of fused-ring (bicyclic) bond motifs is 4. The molecule has 0 fully saturated rings. The molecular weight excluding hydrogens is 703 g/mol. The Kier molecular flexibility index (Phi) is 6.95. The van der Waals surface area contributed by atoms with E-state index in [9.17, 15) is 0 Å². The van der Waals surface area contributed by atoms with Crippen LogP contribution >= 0.6 is 0 Å². The summed E-state index contributed by atoms with van der Waals surface area (Å²) in [6.07, 6.45) is 0. The van der Waals surface area contributed by atoms with Gasteiger partial charge in [-0.15, -0.1) is 0 Å². The molecule has 3 nitrogen and oxygen atoms in total. The number of aromatic nitrogens is 3. The molecule has 10 aromatic carbocycles. The van der Waals surface area contributed by atoms with E-state index >= 15 is 0 Å². The highest BCUT2D eigenvalue weighted by atomic mass is 15.0. The van der Waals surface area contributed by atoms with Gasteiger partial charge in [0.05, 0.1) is 6.85 Å². The summed E-state index contributed by atoms with van der Waals surface area (Å²) in [5, 5.41) is 8.82. The Bertz CT molecular complexity index is 3560. The highest BCUT2D eigenvalue weighted by Gasteiger charge is 2.21. The summed E-state index contributed by atoms with van der Waals surface area (Å²) in [5.41, 5.74) is 7.68. The zero-order valence-corrected chi connectivity index (χ0v) is 31.2. The van der Waals surface area contributed by atoms with Crippen molar-refractivity contribution < 1.29 is 6.85 Å². The molecular formula is C55H35N3. The fourth-order valence-electron chi connectivity index (χ4n) is 8.42. The van der Waals surface area contributed by atoms with Crippen LogP contribution in [0.2, 0.25) is 0 Å². The van der Waals surface area contributed by atoms with Gasteiger partial charge < -0.3 is 0 Å². The van der Waals surface area contributed by atoms with Crippen LogP contribution in [0.5, 0.6) is 0 Å². The van der Waals surface area contributed by atoms with Gasteiger partial charge in [0.25, 0.3) is 0 Å². The minimum atomic E-state index is -0.482. The monoisotopic (exact) mass is 742 g/mol. The SMILES string of the molecule is [2H]c1c([2H])c([2H])c(-c2nc(-c3ccccc3-c3ccccc3)nc(-c3ccc(-c4c5ccccc5c(-c5ccc6ccccc6c5)c5ccccc45)c4ccccc34)n2)c([2H])c1[2H]. The lowest BCUT2D eigenvalue weighted by Gasteiger charge is -2.20. The van der Waals surface area contributed by atoms with Crippen LogP contribution in [-0.4, -0.2) is 15.0 Å². The van der Waals surface area contributed by atoms with Crippen molar-refractivity contribution in [2.45, 2.75) is 0 Å². The molecule has 0 amide bonds. The van der Waals surface area contributed by atoms with Gasteiger partial charge in [0, 0.05) is 16.7 Å². The lowest BCUT2D eigenvalue weighted by molar-refractivity contribution is 1.08. The van der Waals surface area contributed by atoms with E-state index in [1.165, 1.54) is 16.3 Å². The summed E-state index contributed by atoms with van der Waals surface area (Å²) in [5.74, 6) is 0.619. The Morgan fingerprint density at radius 2 is 0.793 bits per heavy atom. The van der Waals surface area contributed by atoms with Crippen molar-refractivity contribution in [2.24, 2.45) is 0 Å². The van der Waals surface area contributed by atoms with Crippen molar-refractivity contribution in [3.63, 3.8) is 0 Å². The fraction of sp³-hybridized carbons (Fsp3) is 0. The number of hydrogen-bond acceptors (Lipinski definition) is 3. The van der Waals surface area contributed by atoms with E-state index in [1.54, 1.807) is 0 Å². The van der Waals surface area contributed by atoms with Crippen molar-refractivity contribution in [2.75, 3.05) is 0 Å². The zero-order chi connectivity index (χ0) is 42.8. The third kappa shape index (κ3) is 5.72. The first kappa shape index (κ1) is 28.6. The molecule has 0 saturated heterocycles. The Labute approximate surface area is 343 Å². The van der Waals surface area contributed by atoms with Crippen LogP contribution < -0.4 is 0 Å². The summed E-state index contributed by atoms with van der Waals surface area (Å²) in [4.78, 5) is 15.0. The molecule has 11 rings (SSSR count). The first-order chi connectivity index (χ1) is 30.9. The minimum absolute atomic E-state index is 0.00992. The third-order valence-electron chi connectivity index (χ3n) is 11.0. The molecule has 0 aliphatic carbocycles. The van der Waals surface area contributed by atoms with Crippen LogP contribution in [0.4, 0.5) is 0 Å². The third-order valence-corrected chi connectivity index (χ3v) is 11.0. The maximum absolute atomic E-state index is 8.92. The quantitative estimate of drug-likeness (QED) is 0.159. The Balaban J connectivity index is 1.17. The van der Waals surface area contributed by atoms with E-state index < -0.39 is 18.1 Å². The molecule has 0 unspecified atom stereocenters. The smallest absolute Gasteiger partial charge is 0.164 e. The highest BCUT2D eigenvalue weighted by Crippen LogP contribution is 2.46. The second kappa shape index (κ2) is 14.1. The van der Waals surface area contributed by atoms with Gasteiger partial charge in [-0.1, -0.05) is 200 Å². The summed E-state index contributed by atoms with van der Waals surface area (Å²) < 4.78 is 43.2. The number of rotatable bonds is 6.